The number of hydrogen-bond donors (Lipinski definition) is 0. The fraction of sp³-hybridized carbons (Fsp3) is 0.111. The molecule has 0 radical (unpaired) electrons. The average molecular weight is 325 g/mol. The van der Waals surface area contributed by atoms with E-state index >= 15 is 0 Å². The second-order valence-corrected chi connectivity index (χ2v) is 6.08. The Labute approximate surface area is 126 Å². The van der Waals surface area contributed by atoms with Gasteiger partial charge in [0.2, 0.25) is 0 Å². The number of furan rings is 1. The van der Waals surface area contributed by atoms with Crippen molar-refractivity contribution in [1.82, 2.24) is 0 Å². The van der Waals surface area contributed by atoms with Gasteiger partial charge in [0.1, 0.15) is 11.3 Å². The lowest BCUT2D eigenvalue weighted by Crippen LogP contribution is -2.04. The van der Waals surface area contributed by atoms with Crippen LogP contribution >= 0.6 is 15.9 Å². The van der Waals surface area contributed by atoms with Crippen LogP contribution in [-0.2, 0) is 6.42 Å². The van der Waals surface area contributed by atoms with Gasteiger partial charge in [0.05, 0.1) is 0 Å². The van der Waals surface area contributed by atoms with E-state index in [0.29, 0.717) is 5.92 Å². The Kier molecular flexibility index (Phi) is 2.78. The molecule has 20 heavy (non-hydrogen) atoms. The van der Waals surface area contributed by atoms with Crippen LogP contribution in [0.25, 0.3) is 17.0 Å². The van der Waals surface area contributed by atoms with Gasteiger partial charge in [0, 0.05) is 21.3 Å². The molecule has 0 fully saturated rings. The molecular formula is C18H13BrO. The highest BCUT2D eigenvalue weighted by molar-refractivity contribution is 9.10. The number of hydrogen-bond acceptors (Lipinski definition) is 1. The van der Waals surface area contributed by atoms with Gasteiger partial charge < -0.3 is 4.42 Å². The van der Waals surface area contributed by atoms with Crippen LogP contribution in [0.1, 0.15) is 22.8 Å². The lowest BCUT2D eigenvalue weighted by atomic mass is 9.87. The molecule has 2 heteroatoms. The smallest absolute Gasteiger partial charge is 0.135 e. The van der Waals surface area contributed by atoms with E-state index in [0.717, 1.165) is 22.2 Å². The largest absolute Gasteiger partial charge is 0.456 e. The maximum absolute atomic E-state index is 5.90. The van der Waals surface area contributed by atoms with Crippen molar-refractivity contribution in [3.8, 4) is 0 Å². The molecule has 1 aliphatic carbocycles. The average Bonchev–Trinajstić information content (AvgIpc) is 2.85. The van der Waals surface area contributed by atoms with Gasteiger partial charge in [-0.3, -0.25) is 0 Å². The summed E-state index contributed by atoms with van der Waals surface area (Å²) in [5, 5.41) is 1.24. The highest BCUT2D eigenvalue weighted by Gasteiger charge is 2.21. The predicted molar refractivity (Wildman–Crippen MR) is 85.8 cm³/mol. The van der Waals surface area contributed by atoms with Crippen molar-refractivity contribution in [1.29, 1.82) is 0 Å². The van der Waals surface area contributed by atoms with Crippen LogP contribution in [0, 0.1) is 0 Å². The molecule has 1 atom stereocenters. The van der Waals surface area contributed by atoms with E-state index in [1.54, 1.807) is 0 Å². The first-order valence-corrected chi connectivity index (χ1v) is 7.54. The zero-order chi connectivity index (χ0) is 13.5. The molecule has 98 valence electrons. The molecule has 2 aromatic carbocycles. The predicted octanol–water partition coefficient (Wildman–Crippen LogP) is 5.55. The standard InChI is InChI=1S/C18H13BrO/c19-14-5-3-4-12(10-14)13-8-9-18-16(11-13)15-6-1-2-7-17(15)20-18/h1-10,13H,11H2. The third kappa shape index (κ3) is 1.92. The van der Waals surface area contributed by atoms with Crippen LogP contribution in [0.15, 0.2) is 63.5 Å². The first-order chi connectivity index (χ1) is 9.81. The van der Waals surface area contributed by atoms with Gasteiger partial charge in [-0.05, 0) is 36.3 Å². The second kappa shape index (κ2) is 4.64. The van der Waals surface area contributed by atoms with Crippen molar-refractivity contribution in [2.24, 2.45) is 0 Å². The summed E-state index contributed by atoms with van der Waals surface area (Å²) in [6, 6.07) is 16.8. The van der Waals surface area contributed by atoms with Gasteiger partial charge in [-0.1, -0.05) is 52.3 Å². The molecule has 0 aliphatic heterocycles. The minimum Gasteiger partial charge on any atom is -0.456 e. The monoisotopic (exact) mass is 324 g/mol. The summed E-state index contributed by atoms with van der Waals surface area (Å²) < 4.78 is 7.03. The third-order valence-corrected chi connectivity index (χ3v) is 4.40. The number of allylic oxidation sites excluding steroid dienone is 1. The summed E-state index contributed by atoms with van der Waals surface area (Å²) in [4.78, 5) is 0. The van der Waals surface area contributed by atoms with Crippen molar-refractivity contribution in [3.05, 3.63) is 76.0 Å². The molecule has 1 unspecified atom stereocenters. The van der Waals surface area contributed by atoms with Gasteiger partial charge in [0.15, 0.2) is 0 Å². The Morgan fingerprint density at radius 2 is 1.95 bits per heavy atom. The van der Waals surface area contributed by atoms with Crippen LogP contribution in [-0.4, -0.2) is 0 Å². The molecule has 4 rings (SSSR count). The topological polar surface area (TPSA) is 13.1 Å². The summed E-state index contributed by atoms with van der Waals surface area (Å²) in [5.41, 5.74) is 3.65. The van der Waals surface area contributed by atoms with E-state index in [1.807, 2.05) is 12.1 Å². The molecule has 1 aliphatic rings. The van der Waals surface area contributed by atoms with E-state index in [2.05, 4.69) is 64.5 Å². The first-order valence-electron chi connectivity index (χ1n) is 6.75. The van der Waals surface area contributed by atoms with Gasteiger partial charge >= 0.3 is 0 Å². The molecule has 0 saturated heterocycles. The molecule has 1 aromatic heterocycles. The number of halogens is 1. The Hall–Kier alpha value is -1.80. The zero-order valence-corrected chi connectivity index (χ0v) is 12.4. The summed E-state index contributed by atoms with van der Waals surface area (Å²) in [5.74, 6) is 1.43. The van der Waals surface area contributed by atoms with Crippen molar-refractivity contribution < 1.29 is 4.42 Å². The van der Waals surface area contributed by atoms with Gasteiger partial charge in [-0.2, -0.15) is 0 Å². The van der Waals surface area contributed by atoms with Crippen molar-refractivity contribution in [2.75, 3.05) is 0 Å². The highest BCUT2D eigenvalue weighted by atomic mass is 79.9. The molecule has 0 bridgehead atoms. The lowest BCUT2D eigenvalue weighted by molar-refractivity contribution is 0.591. The normalized spacial score (nSPS) is 17.4. The Morgan fingerprint density at radius 3 is 2.85 bits per heavy atom. The SMILES string of the molecule is Brc1cccc(C2C=Cc3oc4ccccc4c3C2)c1. The maximum Gasteiger partial charge on any atom is 0.135 e. The van der Waals surface area contributed by atoms with Crippen LogP contribution < -0.4 is 0 Å². The Morgan fingerprint density at radius 1 is 1.05 bits per heavy atom. The van der Waals surface area contributed by atoms with E-state index in [9.17, 15) is 0 Å². The van der Waals surface area contributed by atoms with Crippen LogP contribution in [0.2, 0.25) is 0 Å². The molecule has 0 amide bonds. The summed E-state index contributed by atoms with van der Waals surface area (Å²) in [7, 11) is 0. The van der Waals surface area contributed by atoms with E-state index < -0.39 is 0 Å². The molecule has 3 aromatic rings. The van der Waals surface area contributed by atoms with E-state index in [-0.39, 0.29) is 0 Å². The van der Waals surface area contributed by atoms with Crippen LogP contribution in [0.4, 0.5) is 0 Å². The van der Waals surface area contributed by atoms with E-state index in [4.69, 9.17) is 4.42 Å². The van der Waals surface area contributed by atoms with Crippen molar-refractivity contribution in [2.45, 2.75) is 12.3 Å². The molecular weight excluding hydrogens is 312 g/mol. The van der Waals surface area contributed by atoms with E-state index in [1.165, 1.54) is 16.5 Å². The van der Waals surface area contributed by atoms with Gasteiger partial charge in [0.25, 0.3) is 0 Å². The van der Waals surface area contributed by atoms with Gasteiger partial charge in [-0.25, -0.2) is 0 Å². The first kappa shape index (κ1) is 12.0. The number of fused-ring (bicyclic) bond motifs is 3. The minimum absolute atomic E-state index is 0.418. The number of rotatable bonds is 1. The fourth-order valence-electron chi connectivity index (χ4n) is 2.92. The maximum atomic E-state index is 5.90. The summed E-state index contributed by atoms with van der Waals surface area (Å²) >= 11 is 3.55. The quantitative estimate of drug-likeness (QED) is 0.572. The fourth-order valence-corrected chi connectivity index (χ4v) is 3.34. The zero-order valence-electron chi connectivity index (χ0n) is 10.8. The van der Waals surface area contributed by atoms with Crippen LogP contribution in [0.5, 0.6) is 0 Å². The summed E-state index contributed by atoms with van der Waals surface area (Å²) in [6.07, 6.45) is 5.36. The van der Waals surface area contributed by atoms with Crippen molar-refractivity contribution >= 4 is 33.0 Å². The minimum atomic E-state index is 0.418. The lowest BCUT2D eigenvalue weighted by Gasteiger charge is -2.17. The molecule has 0 N–H and O–H groups in total. The second-order valence-electron chi connectivity index (χ2n) is 5.17. The Bertz CT molecular complexity index is 813. The van der Waals surface area contributed by atoms with Crippen molar-refractivity contribution in [3.63, 3.8) is 0 Å². The molecule has 0 saturated carbocycles. The third-order valence-electron chi connectivity index (χ3n) is 3.91. The summed E-state index contributed by atoms with van der Waals surface area (Å²) in [6.45, 7) is 0. The van der Waals surface area contributed by atoms with Gasteiger partial charge in [-0.15, -0.1) is 0 Å². The molecule has 0 spiro atoms. The number of para-hydroxylation sites is 1. The molecule has 1 heterocycles. The Balaban J connectivity index is 1.79. The van der Waals surface area contributed by atoms with Crippen LogP contribution in [0.3, 0.4) is 0 Å². The number of benzene rings is 2. The molecule has 1 nitrogen and oxygen atoms in total. The highest BCUT2D eigenvalue weighted by Crippen LogP contribution is 2.36.